The molecule has 0 aliphatic carbocycles. The van der Waals surface area contributed by atoms with E-state index < -0.39 is 0 Å². The second kappa shape index (κ2) is 8.02. The zero-order valence-corrected chi connectivity index (χ0v) is 16.5. The van der Waals surface area contributed by atoms with Gasteiger partial charge in [0.1, 0.15) is 0 Å². The summed E-state index contributed by atoms with van der Waals surface area (Å²) < 4.78 is 13.0. The van der Waals surface area contributed by atoms with E-state index in [4.69, 9.17) is 9.47 Å². The highest BCUT2D eigenvalue weighted by Crippen LogP contribution is 2.31. The SMILES string of the molecule is Cc1ccc(-n2nnnc2SCC(=O)c2ccc3c(c2)OCCCO3)c(C)c1. The summed E-state index contributed by atoms with van der Waals surface area (Å²) in [6.45, 7) is 5.27. The van der Waals surface area contributed by atoms with E-state index in [2.05, 4.69) is 21.6 Å². The lowest BCUT2D eigenvalue weighted by Gasteiger charge is -2.09. The van der Waals surface area contributed by atoms with Crippen molar-refractivity contribution in [3.63, 3.8) is 0 Å². The molecule has 0 unspecified atom stereocenters. The van der Waals surface area contributed by atoms with Crippen molar-refractivity contribution in [2.75, 3.05) is 19.0 Å². The number of aromatic nitrogens is 4. The van der Waals surface area contributed by atoms with E-state index in [0.29, 0.717) is 35.4 Å². The molecule has 7 nitrogen and oxygen atoms in total. The molecule has 0 bridgehead atoms. The molecule has 0 saturated carbocycles. The number of fused-ring (bicyclic) bond motifs is 1. The Balaban J connectivity index is 1.49. The predicted octanol–water partition coefficient (Wildman–Crippen LogP) is 3.42. The monoisotopic (exact) mass is 396 g/mol. The van der Waals surface area contributed by atoms with E-state index in [-0.39, 0.29) is 11.5 Å². The fourth-order valence-corrected chi connectivity index (χ4v) is 3.79. The fraction of sp³-hybridized carbons (Fsp3) is 0.300. The van der Waals surface area contributed by atoms with Crippen LogP contribution in [0.4, 0.5) is 0 Å². The number of Topliss-reactive ketones (excluding diaryl/α,β-unsaturated/α-hetero) is 1. The van der Waals surface area contributed by atoms with Gasteiger partial charge in [-0.2, -0.15) is 4.68 Å². The highest BCUT2D eigenvalue weighted by atomic mass is 32.2. The van der Waals surface area contributed by atoms with E-state index in [1.165, 1.54) is 17.3 Å². The first kappa shape index (κ1) is 18.5. The minimum Gasteiger partial charge on any atom is -0.490 e. The molecule has 1 aromatic heterocycles. The van der Waals surface area contributed by atoms with Crippen molar-refractivity contribution in [2.45, 2.75) is 25.4 Å². The van der Waals surface area contributed by atoms with Gasteiger partial charge < -0.3 is 9.47 Å². The summed E-state index contributed by atoms with van der Waals surface area (Å²) in [6.07, 6.45) is 0.828. The number of thioether (sulfide) groups is 1. The van der Waals surface area contributed by atoms with Crippen LogP contribution in [0.3, 0.4) is 0 Å². The average molecular weight is 396 g/mol. The average Bonchev–Trinajstić information content (AvgIpc) is 3.01. The van der Waals surface area contributed by atoms with Gasteiger partial charge in [0.05, 0.1) is 24.7 Å². The minimum absolute atomic E-state index is 0.0178. The molecular weight excluding hydrogens is 376 g/mol. The maximum atomic E-state index is 12.7. The Bertz CT molecular complexity index is 1020. The van der Waals surface area contributed by atoms with Gasteiger partial charge in [-0.15, -0.1) is 5.10 Å². The molecule has 0 atom stereocenters. The van der Waals surface area contributed by atoms with E-state index in [1.807, 2.05) is 26.0 Å². The van der Waals surface area contributed by atoms with Crippen LogP contribution in [0.2, 0.25) is 0 Å². The molecule has 1 aliphatic rings. The van der Waals surface area contributed by atoms with Crippen LogP contribution in [0.15, 0.2) is 41.6 Å². The Morgan fingerprint density at radius 2 is 1.93 bits per heavy atom. The number of hydrogen-bond acceptors (Lipinski definition) is 7. The summed E-state index contributed by atoms with van der Waals surface area (Å²) in [4.78, 5) is 12.7. The first-order valence-electron chi connectivity index (χ1n) is 9.03. The van der Waals surface area contributed by atoms with Crippen molar-refractivity contribution in [1.29, 1.82) is 0 Å². The summed E-state index contributed by atoms with van der Waals surface area (Å²) in [5, 5.41) is 12.5. The van der Waals surface area contributed by atoms with Crippen LogP contribution in [-0.2, 0) is 0 Å². The largest absolute Gasteiger partial charge is 0.490 e. The molecule has 2 heterocycles. The van der Waals surface area contributed by atoms with Crippen LogP contribution in [0.1, 0.15) is 27.9 Å². The molecule has 0 spiro atoms. The molecule has 8 heteroatoms. The number of ketones is 1. The molecule has 2 aromatic carbocycles. The number of nitrogens with zero attached hydrogens (tertiary/aromatic N) is 4. The topological polar surface area (TPSA) is 79.1 Å². The van der Waals surface area contributed by atoms with Crippen LogP contribution in [-0.4, -0.2) is 45.0 Å². The smallest absolute Gasteiger partial charge is 0.214 e. The van der Waals surface area contributed by atoms with Gasteiger partial charge in [-0.25, -0.2) is 0 Å². The summed E-state index contributed by atoms with van der Waals surface area (Å²) in [7, 11) is 0. The number of carbonyl (C=O) groups is 1. The van der Waals surface area contributed by atoms with Crippen molar-refractivity contribution in [3.05, 3.63) is 53.1 Å². The fourth-order valence-electron chi connectivity index (χ4n) is 3.01. The van der Waals surface area contributed by atoms with Gasteiger partial charge in [-0.1, -0.05) is 29.5 Å². The molecule has 0 saturated heterocycles. The standard InChI is InChI=1S/C20H20N4O3S/c1-13-4-6-16(14(2)10-13)24-20(21-22-23-24)28-12-17(25)15-5-7-18-19(11-15)27-9-3-8-26-18/h4-7,10-11H,3,8-9,12H2,1-2H3. The number of ether oxygens (including phenoxy) is 2. The first-order chi connectivity index (χ1) is 13.6. The van der Waals surface area contributed by atoms with Crippen molar-refractivity contribution in [1.82, 2.24) is 20.2 Å². The molecular formula is C20H20N4O3S. The lowest BCUT2D eigenvalue weighted by atomic mass is 10.1. The maximum Gasteiger partial charge on any atom is 0.214 e. The third kappa shape index (κ3) is 3.87. The lowest BCUT2D eigenvalue weighted by molar-refractivity contribution is 0.102. The van der Waals surface area contributed by atoms with E-state index in [9.17, 15) is 4.79 Å². The van der Waals surface area contributed by atoms with E-state index >= 15 is 0 Å². The van der Waals surface area contributed by atoms with Gasteiger partial charge in [-0.3, -0.25) is 4.79 Å². The molecule has 0 radical (unpaired) electrons. The Morgan fingerprint density at radius 3 is 2.75 bits per heavy atom. The molecule has 0 amide bonds. The van der Waals surface area contributed by atoms with Crippen LogP contribution in [0, 0.1) is 13.8 Å². The van der Waals surface area contributed by atoms with Gasteiger partial charge in [0, 0.05) is 12.0 Å². The van der Waals surface area contributed by atoms with Gasteiger partial charge in [0.2, 0.25) is 5.16 Å². The second-order valence-corrected chi connectivity index (χ2v) is 7.53. The number of rotatable bonds is 5. The van der Waals surface area contributed by atoms with Gasteiger partial charge in [0.15, 0.2) is 17.3 Å². The molecule has 4 rings (SSSR count). The maximum absolute atomic E-state index is 12.7. The van der Waals surface area contributed by atoms with Crippen molar-refractivity contribution >= 4 is 17.5 Å². The lowest BCUT2D eigenvalue weighted by Crippen LogP contribution is -2.06. The van der Waals surface area contributed by atoms with Crippen LogP contribution in [0.25, 0.3) is 5.69 Å². The Labute approximate surface area is 167 Å². The van der Waals surface area contributed by atoms with Crippen molar-refractivity contribution in [3.8, 4) is 17.2 Å². The molecule has 144 valence electrons. The van der Waals surface area contributed by atoms with Gasteiger partial charge in [0.25, 0.3) is 0 Å². The minimum atomic E-state index is -0.0178. The number of hydrogen-bond donors (Lipinski definition) is 0. The molecule has 0 N–H and O–H groups in total. The Kier molecular flexibility index (Phi) is 5.29. The summed E-state index contributed by atoms with van der Waals surface area (Å²) in [5.41, 5.74) is 3.74. The third-order valence-corrected chi connectivity index (χ3v) is 5.34. The number of carbonyl (C=O) groups excluding carboxylic acids is 1. The van der Waals surface area contributed by atoms with Crippen molar-refractivity contribution < 1.29 is 14.3 Å². The number of tetrazole rings is 1. The van der Waals surface area contributed by atoms with Crippen molar-refractivity contribution in [2.24, 2.45) is 0 Å². The normalized spacial score (nSPS) is 13.2. The highest BCUT2D eigenvalue weighted by Gasteiger charge is 2.17. The molecule has 3 aromatic rings. The highest BCUT2D eigenvalue weighted by molar-refractivity contribution is 7.99. The van der Waals surface area contributed by atoms with Crippen LogP contribution in [0.5, 0.6) is 11.5 Å². The third-order valence-electron chi connectivity index (χ3n) is 4.42. The number of aryl methyl sites for hydroxylation is 2. The molecule has 0 fully saturated rings. The Morgan fingerprint density at radius 1 is 1.11 bits per heavy atom. The first-order valence-corrected chi connectivity index (χ1v) is 10.0. The zero-order valence-electron chi connectivity index (χ0n) is 15.7. The quantitative estimate of drug-likeness (QED) is 0.483. The van der Waals surface area contributed by atoms with Gasteiger partial charge in [-0.05, 0) is 54.1 Å². The summed E-state index contributed by atoms with van der Waals surface area (Å²) in [5.74, 6) is 1.51. The van der Waals surface area contributed by atoms with Crippen LogP contribution >= 0.6 is 11.8 Å². The molecule has 1 aliphatic heterocycles. The Hall–Kier alpha value is -2.87. The van der Waals surface area contributed by atoms with E-state index in [0.717, 1.165) is 17.7 Å². The van der Waals surface area contributed by atoms with Crippen LogP contribution < -0.4 is 9.47 Å². The van der Waals surface area contributed by atoms with E-state index in [1.54, 1.807) is 22.9 Å². The molecule has 28 heavy (non-hydrogen) atoms. The zero-order chi connectivity index (χ0) is 19.5. The predicted molar refractivity (Wildman–Crippen MR) is 106 cm³/mol. The summed E-state index contributed by atoms with van der Waals surface area (Å²) >= 11 is 1.31. The summed E-state index contributed by atoms with van der Waals surface area (Å²) in [6, 6.07) is 11.4. The van der Waals surface area contributed by atoms with Gasteiger partial charge >= 0.3 is 0 Å². The second-order valence-electron chi connectivity index (χ2n) is 6.59. The number of benzene rings is 2.